The Morgan fingerprint density at radius 2 is 1.86 bits per heavy atom. The van der Waals surface area contributed by atoms with Crippen LogP contribution in [0.25, 0.3) is 0 Å². The second kappa shape index (κ2) is 8.93. The number of carbonyl (C=O) groups is 1. The van der Waals surface area contributed by atoms with Gasteiger partial charge in [0, 0.05) is 30.4 Å². The van der Waals surface area contributed by atoms with Crippen LogP contribution in [0.2, 0.25) is 0 Å². The predicted molar refractivity (Wildman–Crippen MR) is 116 cm³/mol. The molecule has 4 rings (SSSR count). The lowest BCUT2D eigenvalue weighted by atomic mass is 9.94. The van der Waals surface area contributed by atoms with Crippen molar-refractivity contribution in [2.75, 3.05) is 18.0 Å². The third-order valence-electron chi connectivity index (χ3n) is 6.34. The Morgan fingerprint density at radius 1 is 1.14 bits per heavy atom. The molecule has 5 heteroatoms. The average molecular weight is 393 g/mol. The minimum absolute atomic E-state index is 0.0641. The summed E-state index contributed by atoms with van der Waals surface area (Å²) >= 11 is 0. The van der Waals surface area contributed by atoms with Gasteiger partial charge in [0.1, 0.15) is 11.6 Å². The average Bonchev–Trinajstić information content (AvgIpc) is 2.75. The van der Waals surface area contributed by atoms with Crippen molar-refractivity contribution in [2.45, 2.75) is 70.8 Å². The molecule has 1 saturated heterocycles. The van der Waals surface area contributed by atoms with E-state index in [1.54, 1.807) is 0 Å². The Hall–Kier alpha value is -2.43. The van der Waals surface area contributed by atoms with Gasteiger partial charge in [0.25, 0.3) is 0 Å². The molecule has 2 aliphatic rings. The third-order valence-corrected chi connectivity index (χ3v) is 6.34. The fourth-order valence-corrected chi connectivity index (χ4v) is 4.75. The van der Waals surface area contributed by atoms with Crippen LogP contribution in [0.3, 0.4) is 0 Å². The van der Waals surface area contributed by atoms with Crippen LogP contribution in [0.4, 0.5) is 5.82 Å². The van der Waals surface area contributed by atoms with Gasteiger partial charge in [-0.1, -0.05) is 37.3 Å². The molecule has 1 aromatic heterocycles. The molecule has 2 heterocycles. The van der Waals surface area contributed by atoms with Gasteiger partial charge in [-0.05, 0) is 57.4 Å². The lowest BCUT2D eigenvalue weighted by Gasteiger charge is -2.35. The first-order chi connectivity index (χ1) is 14.2. The van der Waals surface area contributed by atoms with Gasteiger partial charge in [-0.25, -0.2) is 9.97 Å². The first-order valence-electron chi connectivity index (χ1n) is 11.1. The maximum Gasteiger partial charge on any atom is 0.227 e. The van der Waals surface area contributed by atoms with E-state index >= 15 is 0 Å². The van der Waals surface area contributed by atoms with Crippen LogP contribution in [-0.2, 0) is 17.6 Å². The molecule has 0 bridgehead atoms. The number of carbonyl (C=O) groups excluding carboxylic acids is 1. The van der Waals surface area contributed by atoms with Gasteiger partial charge >= 0.3 is 0 Å². The molecule has 1 N–H and O–H groups in total. The van der Waals surface area contributed by atoms with E-state index in [1.807, 2.05) is 25.1 Å². The highest BCUT2D eigenvalue weighted by Crippen LogP contribution is 2.30. The first kappa shape index (κ1) is 19.9. The van der Waals surface area contributed by atoms with Crippen molar-refractivity contribution in [3.05, 3.63) is 53.0 Å². The molecule has 29 heavy (non-hydrogen) atoms. The van der Waals surface area contributed by atoms with E-state index in [-0.39, 0.29) is 17.9 Å². The van der Waals surface area contributed by atoms with Crippen LogP contribution >= 0.6 is 0 Å². The standard InChI is InChI=1S/C24H32N4O/c1-3-20(18-9-5-4-6-10-18)24(29)27-19-13-15-28(16-14-19)23-21-11-7-8-12-22(21)25-17(2)26-23/h4-6,9-10,19-20H,3,7-8,11-16H2,1-2H3,(H,27,29)/t20-/m0/s1. The molecule has 1 aromatic carbocycles. The van der Waals surface area contributed by atoms with Gasteiger partial charge in [-0.2, -0.15) is 0 Å². The summed E-state index contributed by atoms with van der Waals surface area (Å²) in [4.78, 5) is 24.8. The van der Waals surface area contributed by atoms with Gasteiger partial charge in [-0.3, -0.25) is 4.79 Å². The highest BCUT2D eigenvalue weighted by Gasteiger charge is 2.27. The predicted octanol–water partition coefficient (Wildman–Crippen LogP) is 3.94. The van der Waals surface area contributed by atoms with E-state index in [0.717, 1.165) is 62.4 Å². The van der Waals surface area contributed by atoms with E-state index in [9.17, 15) is 4.79 Å². The van der Waals surface area contributed by atoms with E-state index in [4.69, 9.17) is 4.98 Å². The molecule has 1 aliphatic heterocycles. The molecule has 1 atom stereocenters. The molecule has 2 aromatic rings. The second-order valence-electron chi connectivity index (χ2n) is 8.37. The summed E-state index contributed by atoms with van der Waals surface area (Å²) in [5.41, 5.74) is 3.72. The zero-order chi connectivity index (χ0) is 20.2. The first-order valence-corrected chi connectivity index (χ1v) is 11.1. The summed E-state index contributed by atoms with van der Waals surface area (Å²) in [5, 5.41) is 3.32. The Morgan fingerprint density at radius 3 is 2.59 bits per heavy atom. The topological polar surface area (TPSA) is 58.1 Å². The number of piperidine rings is 1. The SMILES string of the molecule is CC[C@H](C(=O)NC1CCN(c2nc(C)nc3c2CCCC3)CC1)c1ccccc1. The van der Waals surface area contributed by atoms with E-state index < -0.39 is 0 Å². The molecule has 0 radical (unpaired) electrons. The zero-order valence-corrected chi connectivity index (χ0v) is 17.7. The summed E-state index contributed by atoms with van der Waals surface area (Å²) < 4.78 is 0. The molecule has 5 nitrogen and oxygen atoms in total. The van der Waals surface area contributed by atoms with E-state index in [2.05, 4.69) is 34.3 Å². The molecule has 0 saturated carbocycles. The number of rotatable bonds is 5. The maximum atomic E-state index is 12.9. The number of hydrogen-bond acceptors (Lipinski definition) is 4. The van der Waals surface area contributed by atoms with Crippen molar-refractivity contribution in [3.8, 4) is 0 Å². The molecule has 0 spiro atoms. The van der Waals surface area contributed by atoms with Crippen LogP contribution in [-0.4, -0.2) is 35.0 Å². The van der Waals surface area contributed by atoms with Crippen LogP contribution in [0.15, 0.2) is 30.3 Å². The van der Waals surface area contributed by atoms with Crippen molar-refractivity contribution < 1.29 is 4.79 Å². The van der Waals surface area contributed by atoms with E-state index in [1.165, 1.54) is 24.1 Å². The Balaban J connectivity index is 1.39. The molecule has 1 fully saturated rings. The molecular weight excluding hydrogens is 360 g/mol. The molecule has 154 valence electrons. The summed E-state index contributed by atoms with van der Waals surface area (Å²) in [6, 6.07) is 10.4. The fourth-order valence-electron chi connectivity index (χ4n) is 4.75. The number of nitrogens with one attached hydrogen (secondary N) is 1. The number of nitrogens with zero attached hydrogens (tertiary/aromatic N) is 3. The van der Waals surface area contributed by atoms with Crippen LogP contribution in [0, 0.1) is 6.92 Å². The van der Waals surface area contributed by atoms with Crippen molar-refractivity contribution in [1.29, 1.82) is 0 Å². The van der Waals surface area contributed by atoms with Crippen molar-refractivity contribution in [2.24, 2.45) is 0 Å². The molecule has 0 unspecified atom stereocenters. The number of benzene rings is 1. The zero-order valence-electron chi connectivity index (χ0n) is 17.7. The number of anilines is 1. The van der Waals surface area contributed by atoms with Gasteiger partial charge in [-0.15, -0.1) is 0 Å². The number of fused-ring (bicyclic) bond motifs is 1. The van der Waals surface area contributed by atoms with Crippen LogP contribution < -0.4 is 10.2 Å². The normalized spacial score (nSPS) is 18.2. The van der Waals surface area contributed by atoms with Gasteiger partial charge in [0.2, 0.25) is 5.91 Å². The Bertz CT molecular complexity index is 843. The van der Waals surface area contributed by atoms with Gasteiger partial charge in [0.05, 0.1) is 5.92 Å². The second-order valence-corrected chi connectivity index (χ2v) is 8.37. The maximum absolute atomic E-state index is 12.9. The number of aryl methyl sites for hydroxylation is 2. The number of aromatic nitrogens is 2. The fraction of sp³-hybridized carbons (Fsp3) is 0.542. The number of amides is 1. The van der Waals surface area contributed by atoms with Crippen LogP contribution in [0.1, 0.15) is 67.6 Å². The molecular formula is C24H32N4O. The summed E-state index contributed by atoms with van der Waals surface area (Å²) in [6.45, 7) is 5.96. The Kier molecular flexibility index (Phi) is 6.12. The smallest absolute Gasteiger partial charge is 0.227 e. The summed E-state index contributed by atoms with van der Waals surface area (Å²) in [7, 11) is 0. The van der Waals surface area contributed by atoms with Gasteiger partial charge in [0.15, 0.2) is 0 Å². The van der Waals surface area contributed by atoms with Crippen LogP contribution in [0.5, 0.6) is 0 Å². The van der Waals surface area contributed by atoms with Gasteiger partial charge < -0.3 is 10.2 Å². The van der Waals surface area contributed by atoms with Crippen molar-refractivity contribution >= 4 is 11.7 Å². The summed E-state index contributed by atoms with van der Waals surface area (Å²) in [6.07, 6.45) is 7.39. The lowest BCUT2D eigenvalue weighted by Crippen LogP contribution is -2.46. The Labute approximate surface area is 173 Å². The number of hydrogen-bond donors (Lipinski definition) is 1. The summed E-state index contributed by atoms with van der Waals surface area (Å²) in [5.74, 6) is 2.12. The van der Waals surface area contributed by atoms with Crippen molar-refractivity contribution in [3.63, 3.8) is 0 Å². The highest BCUT2D eigenvalue weighted by molar-refractivity contribution is 5.83. The van der Waals surface area contributed by atoms with Crippen molar-refractivity contribution in [1.82, 2.24) is 15.3 Å². The molecule has 1 amide bonds. The highest BCUT2D eigenvalue weighted by atomic mass is 16.1. The van der Waals surface area contributed by atoms with E-state index in [0.29, 0.717) is 0 Å². The lowest BCUT2D eigenvalue weighted by molar-refractivity contribution is -0.123. The minimum Gasteiger partial charge on any atom is -0.356 e. The quantitative estimate of drug-likeness (QED) is 0.837. The monoisotopic (exact) mass is 392 g/mol. The third kappa shape index (κ3) is 4.44. The minimum atomic E-state index is -0.0641. The largest absolute Gasteiger partial charge is 0.356 e. The molecule has 1 aliphatic carbocycles.